The Labute approximate surface area is 108 Å². The molecule has 0 aromatic heterocycles. The Hall–Kier alpha value is 0.220. The van der Waals surface area contributed by atoms with E-state index in [2.05, 4.69) is 31.9 Å². The molecule has 0 saturated heterocycles. The van der Waals surface area contributed by atoms with Gasteiger partial charge in [0.2, 0.25) is 0 Å². The molecule has 1 aromatic carbocycles. The molecule has 7 heteroatoms. The van der Waals surface area contributed by atoms with Crippen LogP contribution < -0.4 is 5.73 Å². The minimum absolute atomic E-state index is 0. The maximum atomic E-state index is 12.3. The predicted octanol–water partition coefficient (Wildman–Crippen LogP) is 4.20. The molecular weight excluding hydrogens is 362 g/mol. The van der Waals surface area contributed by atoms with Gasteiger partial charge in [-0.25, -0.2) is 0 Å². The Kier molecular flexibility index (Phi) is 5.60. The average Bonchev–Trinajstić information content (AvgIpc) is 2.06. The van der Waals surface area contributed by atoms with Crippen LogP contribution in [0.15, 0.2) is 27.1 Å². The highest BCUT2D eigenvalue weighted by atomic mass is 79.9. The number of halogens is 6. The summed E-state index contributed by atoms with van der Waals surface area (Å²) in [5.41, 5.74) is 5.09. The molecule has 0 radical (unpaired) electrons. The molecule has 0 bridgehead atoms. The molecule has 1 aromatic rings. The van der Waals surface area contributed by atoms with Crippen LogP contribution in [0, 0.1) is 0 Å². The van der Waals surface area contributed by atoms with Crippen molar-refractivity contribution in [3.63, 3.8) is 0 Å². The molecule has 1 atom stereocenters. The second kappa shape index (κ2) is 5.52. The molecule has 2 N–H and O–H groups in total. The number of hydrogen-bond acceptors (Lipinski definition) is 1. The number of nitrogens with two attached hydrogens (primary N) is 1. The summed E-state index contributed by atoms with van der Waals surface area (Å²) >= 11 is 6.11. The quantitative estimate of drug-likeness (QED) is 0.789. The largest absolute Gasteiger partial charge is 0.407 e. The molecule has 0 spiro atoms. The third-order valence-corrected chi connectivity index (χ3v) is 2.86. The lowest BCUT2D eigenvalue weighted by atomic mass is 10.1. The van der Waals surface area contributed by atoms with Crippen molar-refractivity contribution >= 4 is 44.3 Å². The summed E-state index contributed by atoms with van der Waals surface area (Å²) in [6, 6.07) is 2.54. The number of alkyl halides is 3. The highest BCUT2D eigenvalue weighted by Crippen LogP contribution is 2.35. The summed E-state index contributed by atoms with van der Waals surface area (Å²) in [6.07, 6.45) is -4.43. The molecule has 0 amide bonds. The Morgan fingerprint density at radius 2 is 1.73 bits per heavy atom. The predicted molar refractivity (Wildman–Crippen MR) is 62.1 cm³/mol. The van der Waals surface area contributed by atoms with E-state index in [0.29, 0.717) is 8.95 Å². The zero-order valence-corrected chi connectivity index (χ0v) is 11.2. The highest BCUT2D eigenvalue weighted by molar-refractivity contribution is 9.11. The van der Waals surface area contributed by atoms with Crippen molar-refractivity contribution in [1.29, 1.82) is 0 Å². The van der Waals surface area contributed by atoms with Gasteiger partial charge in [-0.05, 0) is 23.8 Å². The lowest BCUT2D eigenvalue weighted by Crippen LogP contribution is -2.28. The van der Waals surface area contributed by atoms with Crippen LogP contribution in [0.1, 0.15) is 11.6 Å². The molecular formula is C8H7Br2ClF3N. The van der Waals surface area contributed by atoms with Gasteiger partial charge in [-0.15, -0.1) is 12.4 Å². The van der Waals surface area contributed by atoms with Crippen LogP contribution in [-0.4, -0.2) is 6.18 Å². The Morgan fingerprint density at radius 1 is 1.20 bits per heavy atom. The van der Waals surface area contributed by atoms with Gasteiger partial charge in [0.1, 0.15) is 6.04 Å². The molecule has 0 aliphatic carbocycles. The fraction of sp³-hybridized carbons (Fsp3) is 0.250. The monoisotopic (exact) mass is 367 g/mol. The van der Waals surface area contributed by atoms with Gasteiger partial charge in [0.15, 0.2) is 0 Å². The first-order valence-electron chi connectivity index (χ1n) is 3.59. The van der Waals surface area contributed by atoms with E-state index in [9.17, 15) is 13.2 Å². The summed E-state index contributed by atoms with van der Waals surface area (Å²) in [5.74, 6) is 0. The van der Waals surface area contributed by atoms with Crippen LogP contribution in [0.25, 0.3) is 0 Å². The van der Waals surface area contributed by atoms with Crippen molar-refractivity contribution in [2.75, 3.05) is 0 Å². The molecule has 1 nitrogen and oxygen atoms in total. The average molecular weight is 369 g/mol. The van der Waals surface area contributed by atoms with E-state index < -0.39 is 12.2 Å². The molecule has 0 heterocycles. The van der Waals surface area contributed by atoms with Crippen LogP contribution in [0.2, 0.25) is 0 Å². The maximum Gasteiger partial charge on any atom is 0.407 e. The zero-order chi connectivity index (χ0) is 10.9. The van der Waals surface area contributed by atoms with Crippen molar-refractivity contribution in [2.45, 2.75) is 12.2 Å². The molecule has 0 saturated carbocycles. The number of rotatable bonds is 1. The molecule has 0 aliphatic rings. The second-order valence-electron chi connectivity index (χ2n) is 2.69. The van der Waals surface area contributed by atoms with Gasteiger partial charge in [-0.1, -0.05) is 31.9 Å². The Morgan fingerprint density at radius 3 is 2.20 bits per heavy atom. The summed E-state index contributed by atoms with van der Waals surface area (Å²) in [5, 5.41) is 0. The SMILES string of the molecule is Cl.N[C@@H](c1cc(Br)ccc1Br)C(F)(F)F. The summed E-state index contributed by atoms with van der Waals surface area (Å²) in [7, 11) is 0. The van der Waals surface area contributed by atoms with E-state index in [1.54, 1.807) is 6.07 Å². The van der Waals surface area contributed by atoms with E-state index in [1.807, 2.05) is 0 Å². The molecule has 1 rings (SSSR count). The van der Waals surface area contributed by atoms with Crippen molar-refractivity contribution in [2.24, 2.45) is 5.73 Å². The van der Waals surface area contributed by atoms with Gasteiger partial charge in [-0.3, -0.25) is 0 Å². The maximum absolute atomic E-state index is 12.3. The molecule has 0 fully saturated rings. The van der Waals surface area contributed by atoms with Crippen LogP contribution in [0.3, 0.4) is 0 Å². The standard InChI is InChI=1S/C8H6Br2F3N.ClH/c9-4-1-2-6(10)5(3-4)7(14)8(11,12)13;/h1-3,7H,14H2;1H/t7-;/m0./s1. The summed E-state index contributed by atoms with van der Waals surface area (Å²) in [4.78, 5) is 0. The lowest BCUT2D eigenvalue weighted by molar-refractivity contribution is -0.149. The number of hydrogen-bond donors (Lipinski definition) is 1. The third-order valence-electron chi connectivity index (χ3n) is 1.65. The van der Waals surface area contributed by atoms with Gasteiger partial charge >= 0.3 is 6.18 Å². The first kappa shape index (κ1) is 15.2. The van der Waals surface area contributed by atoms with Crippen molar-refractivity contribution in [3.8, 4) is 0 Å². The number of benzene rings is 1. The van der Waals surface area contributed by atoms with Crippen LogP contribution in [0.5, 0.6) is 0 Å². The topological polar surface area (TPSA) is 26.0 Å². The van der Waals surface area contributed by atoms with E-state index in [0.717, 1.165) is 0 Å². The van der Waals surface area contributed by atoms with Crippen LogP contribution >= 0.6 is 44.3 Å². The fourth-order valence-electron chi connectivity index (χ4n) is 0.929. The smallest absolute Gasteiger partial charge is 0.316 e. The Bertz CT molecular complexity index is 343. The lowest BCUT2D eigenvalue weighted by Gasteiger charge is -2.17. The first-order chi connectivity index (χ1) is 6.32. The summed E-state index contributed by atoms with van der Waals surface area (Å²) in [6.45, 7) is 0. The zero-order valence-electron chi connectivity index (χ0n) is 7.18. The van der Waals surface area contributed by atoms with E-state index in [-0.39, 0.29) is 18.0 Å². The molecule has 0 unspecified atom stereocenters. The minimum Gasteiger partial charge on any atom is -0.316 e. The van der Waals surface area contributed by atoms with Gasteiger partial charge < -0.3 is 5.73 Å². The van der Waals surface area contributed by atoms with E-state index >= 15 is 0 Å². The normalized spacial score (nSPS) is 13.2. The van der Waals surface area contributed by atoms with Crippen molar-refractivity contribution in [1.82, 2.24) is 0 Å². The second-order valence-corrected chi connectivity index (χ2v) is 4.46. The van der Waals surface area contributed by atoms with Gasteiger partial charge in [-0.2, -0.15) is 13.2 Å². The third kappa shape index (κ3) is 3.94. The minimum atomic E-state index is -4.43. The van der Waals surface area contributed by atoms with Gasteiger partial charge in [0, 0.05) is 8.95 Å². The van der Waals surface area contributed by atoms with E-state index in [1.165, 1.54) is 12.1 Å². The molecule has 86 valence electrons. The van der Waals surface area contributed by atoms with Crippen LogP contribution in [-0.2, 0) is 0 Å². The molecule has 0 aliphatic heterocycles. The van der Waals surface area contributed by atoms with Crippen LogP contribution in [0.4, 0.5) is 13.2 Å². The fourth-order valence-corrected chi connectivity index (χ4v) is 1.80. The van der Waals surface area contributed by atoms with Gasteiger partial charge in [0.05, 0.1) is 0 Å². The molecule has 15 heavy (non-hydrogen) atoms. The first-order valence-corrected chi connectivity index (χ1v) is 5.18. The highest BCUT2D eigenvalue weighted by Gasteiger charge is 2.38. The van der Waals surface area contributed by atoms with Crippen molar-refractivity contribution in [3.05, 3.63) is 32.7 Å². The summed E-state index contributed by atoms with van der Waals surface area (Å²) < 4.78 is 37.8. The van der Waals surface area contributed by atoms with E-state index in [4.69, 9.17) is 5.73 Å². The Balaban J connectivity index is 0.00000196. The van der Waals surface area contributed by atoms with Crippen molar-refractivity contribution < 1.29 is 13.2 Å². The van der Waals surface area contributed by atoms with Gasteiger partial charge in [0.25, 0.3) is 0 Å².